The molecule has 0 radical (unpaired) electrons. The van der Waals surface area contributed by atoms with Crippen LogP contribution < -0.4 is 5.73 Å². The zero-order chi connectivity index (χ0) is 53.1. The lowest BCUT2D eigenvalue weighted by Crippen LogP contribution is -2.29. The summed E-state index contributed by atoms with van der Waals surface area (Å²) in [6.45, 7) is 3.77. The Balaban J connectivity index is 3.74. The first-order valence-electron chi connectivity index (χ1n) is 31.5. The molecule has 2 atom stereocenters. The molecule has 10 heteroatoms. The van der Waals surface area contributed by atoms with E-state index in [4.69, 9.17) is 24.3 Å². The van der Waals surface area contributed by atoms with E-state index in [9.17, 15) is 19.0 Å². The van der Waals surface area contributed by atoms with Crippen LogP contribution in [0.15, 0.2) is 36.5 Å². The highest BCUT2D eigenvalue weighted by Crippen LogP contribution is 2.43. The molecule has 0 amide bonds. The molecule has 0 aliphatic heterocycles. The van der Waals surface area contributed by atoms with Gasteiger partial charge in [0.2, 0.25) is 0 Å². The number of rotatable bonds is 60. The van der Waals surface area contributed by atoms with Gasteiger partial charge in [0.15, 0.2) is 6.10 Å². The molecule has 0 aromatic rings. The number of carbonyl (C=O) groups excluding carboxylic acids is 2. The van der Waals surface area contributed by atoms with Crippen LogP contribution in [0.2, 0.25) is 0 Å². The van der Waals surface area contributed by atoms with Crippen molar-refractivity contribution in [2.45, 2.75) is 328 Å². The first-order valence-corrected chi connectivity index (χ1v) is 33.0. The van der Waals surface area contributed by atoms with Crippen molar-refractivity contribution in [3.63, 3.8) is 0 Å². The number of allylic oxidation sites excluding steroid dienone is 6. The number of unbranched alkanes of at least 4 members (excludes halogenated alkanes) is 41. The van der Waals surface area contributed by atoms with E-state index >= 15 is 0 Å². The molecule has 2 unspecified atom stereocenters. The van der Waals surface area contributed by atoms with Crippen molar-refractivity contribution in [2.24, 2.45) is 5.73 Å². The van der Waals surface area contributed by atoms with Crippen LogP contribution in [0.25, 0.3) is 0 Å². The van der Waals surface area contributed by atoms with Gasteiger partial charge in [-0.3, -0.25) is 18.6 Å². The van der Waals surface area contributed by atoms with Gasteiger partial charge in [0, 0.05) is 19.4 Å². The quantitative estimate of drug-likeness (QED) is 0.0264. The fourth-order valence-electron chi connectivity index (χ4n) is 9.35. The van der Waals surface area contributed by atoms with Gasteiger partial charge >= 0.3 is 19.8 Å². The van der Waals surface area contributed by atoms with E-state index in [0.717, 1.165) is 44.9 Å². The van der Waals surface area contributed by atoms with Crippen molar-refractivity contribution in [1.29, 1.82) is 0 Å². The molecule has 9 nitrogen and oxygen atoms in total. The van der Waals surface area contributed by atoms with Crippen LogP contribution in [-0.4, -0.2) is 49.3 Å². The van der Waals surface area contributed by atoms with Gasteiger partial charge in [-0.2, -0.15) is 0 Å². The molecule has 0 bridgehead atoms. The van der Waals surface area contributed by atoms with Crippen LogP contribution >= 0.6 is 7.82 Å². The normalized spacial score (nSPS) is 13.2. The maximum absolute atomic E-state index is 12.7. The van der Waals surface area contributed by atoms with Gasteiger partial charge in [0.05, 0.1) is 13.2 Å². The summed E-state index contributed by atoms with van der Waals surface area (Å²) in [5.41, 5.74) is 5.38. The van der Waals surface area contributed by atoms with E-state index in [-0.39, 0.29) is 38.6 Å². The third-order valence-electron chi connectivity index (χ3n) is 14.0. The minimum Gasteiger partial charge on any atom is -0.462 e. The summed E-state index contributed by atoms with van der Waals surface area (Å²) in [7, 11) is -4.38. The first-order chi connectivity index (χ1) is 35.8. The number of nitrogens with two attached hydrogens (primary N) is 1. The predicted molar refractivity (Wildman–Crippen MR) is 312 cm³/mol. The molecule has 430 valence electrons. The molecule has 0 saturated carbocycles. The van der Waals surface area contributed by atoms with Crippen LogP contribution in [-0.2, 0) is 32.7 Å². The lowest BCUT2D eigenvalue weighted by Gasteiger charge is -2.19. The largest absolute Gasteiger partial charge is 0.472 e. The molecule has 0 fully saturated rings. The minimum absolute atomic E-state index is 0.0565. The molecule has 0 spiro atoms. The molecule has 3 N–H and O–H groups in total. The number of hydrogen-bond acceptors (Lipinski definition) is 8. The summed E-state index contributed by atoms with van der Waals surface area (Å²) in [5.74, 6) is -0.810. The number of hydrogen-bond donors (Lipinski definition) is 2. The monoisotopic (exact) mass is 1050 g/mol. The fourth-order valence-corrected chi connectivity index (χ4v) is 10.1. The Morgan fingerprint density at radius 2 is 0.712 bits per heavy atom. The third kappa shape index (κ3) is 59.3. The highest BCUT2D eigenvalue weighted by atomic mass is 31.2. The Morgan fingerprint density at radius 3 is 1.05 bits per heavy atom. The van der Waals surface area contributed by atoms with Crippen LogP contribution in [0.5, 0.6) is 0 Å². The second-order valence-electron chi connectivity index (χ2n) is 21.3. The molecular weight excluding hydrogens is 930 g/mol. The number of phosphoric acid groups is 1. The molecular formula is C63H120NO8P. The van der Waals surface area contributed by atoms with Crippen LogP contribution in [0.4, 0.5) is 0 Å². The number of esters is 2. The smallest absolute Gasteiger partial charge is 0.462 e. The summed E-state index contributed by atoms with van der Waals surface area (Å²) >= 11 is 0. The number of ether oxygens (including phenoxy) is 2. The highest BCUT2D eigenvalue weighted by Gasteiger charge is 2.26. The maximum atomic E-state index is 12.7. The van der Waals surface area contributed by atoms with Gasteiger partial charge in [-0.05, 0) is 51.4 Å². The van der Waals surface area contributed by atoms with E-state index in [1.165, 1.54) is 244 Å². The summed E-state index contributed by atoms with van der Waals surface area (Å²) < 4.78 is 33.0. The van der Waals surface area contributed by atoms with Crippen LogP contribution in [0, 0.1) is 0 Å². The zero-order valence-corrected chi connectivity index (χ0v) is 49.0. The van der Waals surface area contributed by atoms with E-state index < -0.39 is 26.5 Å². The summed E-state index contributed by atoms with van der Waals surface area (Å²) in [4.78, 5) is 35.1. The zero-order valence-electron chi connectivity index (χ0n) is 48.1. The van der Waals surface area contributed by atoms with E-state index in [1.807, 2.05) is 0 Å². The number of phosphoric ester groups is 1. The molecule has 0 heterocycles. The molecule has 0 aliphatic carbocycles. The van der Waals surface area contributed by atoms with Crippen molar-refractivity contribution in [3.8, 4) is 0 Å². The van der Waals surface area contributed by atoms with Crippen molar-refractivity contribution in [3.05, 3.63) is 36.5 Å². The van der Waals surface area contributed by atoms with Crippen molar-refractivity contribution in [1.82, 2.24) is 0 Å². The fraction of sp³-hybridized carbons (Fsp3) is 0.873. The molecule has 0 saturated heterocycles. The molecule has 0 aromatic carbocycles. The standard InChI is InChI=1S/C63H120NO8P/c1-3-5-7-9-11-13-15-17-18-19-20-21-22-23-24-25-26-27-28-29-30-31-32-33-34-35-36-37-38-39-40-41-42-44-46-48-50-52-54-56-63(66)72-61(60-71-73(67,68)70-58-57-64)59-69-62(65)55-53-51-49-47-45-43-16-14-12-10-8-6-4-2/h15,17,19-20,22-23,61H,3-14,16,18,21,24-60,64H2,1-2H3,(H,67,68)/b17-15-,20-19-,23-22-. The minimum atomic E-state index is -4.38. The molecule has 0 aromatic heterocycles. The molecule has 73 heavy (non-hydrogen) atoms. The van der Waals surface area contributed by atoms with Crippen molar-refractivity contribution < 1.29 is 37.6 Å². The van der Waals surface area contributed by atoms with Gasteiger partial charge in [-0.25, -0.2) is 4.57 Å². The second-order valence-corrected chi connectivity index (χ2v) is 22.7. The first kappa shape index (κ1) is 71.2. The van der Waals surface area contributed by atoms with Gasteiger partial charge in [0.25, 0.3) is 0 Å². The SMILES string of the molecule is CCCCCCC/C=C\C/C=C\C/C=C\CCCCCCCCCCCCCCCCCCCCCCCCCCC(=O)OC(COC(=O)CCCCCCCCCCCCCCC)COP(=O)(O)OCCN. The maximum Gasteiger partial charge on any atom is 0.472 e. The Bertz CT molecular complexity index is 1290. The Kier molecular flexibility index (Phi) is 58.0. The Morgan fingerprint density at radius 1 is 0.411 bits per heavy atom. The molecule has 0 rings (SSSR count). The third-order valence-corrected chi connectivity index (χ3v) is 15.0. The summed E-state index contributed by atoms with van der Waals surface area (Å²) in [6.07, 6.45) is 72.4. The van der Waals surface area contributed by atoms with Crippen molar-refractivity contribution in [2.75, 3.05) is 26.4 Å². The average Bonchev–Trinajstić information content (AvgIpc) is 3.38. The van der Waals surface area contributed by atoms with Gasteiger partial charge < -0.3 is 20.1 Å². The second kappa shape index (κ2) is 59.5. The van der Waals surface area contributed by atoms with Gasteiger partial charge in [-0.1, -0.05) is 294 Å². The van der Waals surface area contributed by atoms with E-state index in [0.29, 0.717) is 6.42 Å². The summed E-state index contributed by atoms with van der Waals surface area (Å²) in [6, 6.07) is 0. The average molecular weight is 1050 g/mol. The summed E-state index contributed by atoms with van der Waals surface area (Å²) in [5, 5.41) is 0. The van der Waals surface area contributed by atoms with E-state index in [1.54, 1.807) is 0 Å². The topological polar surface area (TPSA) is 134 Å². The van der Waals surface area contributed by atoms with E-state index in [2.05, 4.69) is 50.3 Å². The lowest BCUT2D eigenvalue weighted by molar-refractivity contribution is -0.161. The highest BCUT2D eigenvalue weighted by molar-refractivity contribution is 7.47. The number of carbonyl (C=O) groups is 2. The Labute approximate surface area is 452 Å². The molecule has 0 aliphatic rings. The van der Waals surface area contributed by atoms with Crippen LogP contribution in [0.1, 0.15) is 322 Å². The Hall–Kier alpha value is -1.77. The van der Waals surface area contributed by atoms with Gasteiger partial charge in [-0.15, -0.1) is 0 Å². The van der Waals surface area contributed by atoms with Crippen LogP contribution in [0.3, 0.4) is 0 Å². The van der Waals surface area contributed by atoms with Crippen molar-refractivity contribution >= 4 is 19.8 Å². The lowest BCUT2D eigenvalue weighted by atomic mass is 10.0. The van der Waals surface area contributed by atoms with Gasteiger partial charge in [0.1, 0.15) is 6.61 Å². The predicted octanol–water partition coefficient (Wildman–Crippen LogP) is 20.0.